The smallest absolute Gasteiger partial charge is 0.267 e. The first-order valence-corrected chi connectivity index (χ1v) is 13.8. The number of ether oxygens (including phenoxy) is 2. The summed E-state index contributed by atoms with van der Waals surface area (Å²) in [5, 5.41) is 0.302. The van der Waals surface area contributed by atoms with E-state index in [9.17, 15) is 17.2 Å². The SMILES string of the molecule is CCOC(OCC)c1nc(-c2cccc(NS(=O)(=O)c3c(F)cccc3F)c2F)c(-c2ccnc(Cl)n2)s1. The van der Waals surface area contributed by atoms with Gasteiger partial charge in [-0.25, -0.2) is 36.5 Å². The zero-order valence-corrected chi connectivity index (χ0v) is 22.3. The summed E-state index contributed by atoms with van der Waals surface area (Å²) in [5.74, 6) is -3.67. The molecular weight excluding hydrogens is 565 g/mol. The van der Waals surface area contributed by atoms with Crippen LogP contribution in [0.3, 0.4) is 0 Å². The summed E-state index contributed by atoms with van der Waals surface area (Å²) < 4.78 is 82.9. The van der Waals surface area contributed by atoms with E-state index in [4.69, 9.17) is 21.1 Å². The second-order valence-corrected chi connectivity index (χ2v) is 10.5. The Labute approximate surface area is 225 Å². The van der Waals surface area contributed by atoms with E-state index in [1.807, 2.05) is 4.72 Å². The third-order valence-corrected chi connectivity index (χ3v) is 7.72. The minimum Gasteiger partial charge on any atom is -0.347 e. The average molecular weight is 585 g/mol. The predicted molar refractivity (Wildman–Crippen MR) is 137 cm³/mol. The molecule has 14 heteroatoms. The Morgan fingerprint density at radius 2 is 1.66 bits per heavy atom. The van der Waals surface area contributed by atoms with Gasteiger partial charge in [0.1, 0.15) is 11.6 Å². The van der Waals surface area contributed by atoms with Gasteiger partial charge in [0.15, 0.2) is 15.7 Å². The van der Waals surface area contributed by atoms with Gasteiger partial charge in [-0.2, -0.15) is 0 Å². The predicted octanol–water partition coefficient (Wildman–Crippen LogP) is 6.21. The second kappa shape index (κ2) is 11.7. The van der Waals surface area contributed by atoms with Crippen LogP contribution in [-0.4, -0.2) is 36.6 Å². The van der Waals surface area contributed by atoms with E-state index in [1.54, 1.807) is 19.9 Å². The molecule has 200 valence electrons. The van der Waals surface area contributed by atoms with Gasteiger partial charge in [-0.15, -0.1) is 11.3 Å². The van der Waals surface area contributed by atoms with Crippen molar-refractivity contribution in [3.05, 3.63) is 76.4 Å². The molecule has 0 aliphatic rings. The minimum atomic E-state index is -4.82. The number of nitrogens with one attached hydrogen (secondary N) is 1. The summed E-state index contributed by atoms with van der Waals surface area (Å²) in [6.45, 7) is 4.18. The molecule has 0 amide bonds. The Morgan fingerprint density at radius 1 is 1.00 bits per heavy atom. The molecule has 0 saturated carbocycles. The lowest BCUT2D eigenvalue weighted by atomic mass is 10.1. The Kier molecular flexibility index (Phi) is 8.63. The van der Waals surface area contributed by atoms with E-state index in [2.05, 4.69) is 15.0 Å². The van der Waals surface area contributed by atoms with Crippen LogP contribution in [0.4, 0.5) is 18.9 Å². The van der Waals surface area contributed by atoms with E-state index < -0.39 is 44.3 Å². The standard InChI is InChI=1S/C24H20ClF3N4O4S2/c1-3-35-23(36-4-2)22-31-19(20(37-22)17-11-12-29-24(25)30-17)13-7-5-10-16(18(13)28)32-38(33,34)21-14(26)8-6-9-15(21)27/h5-12,23,32H,3-4H2,1-2H3. The summed E-state index contributed by atoms with van der Waals surface area (Å²) in [5.41, 5.74) is -0.232. The molecule has 8 nitrogen and oxygen atoms in total. The van der Waals surface area contributed by atoms with Crippen LogP contribution in [0.2, 0.25) is 5.28 Å². The van der Waals surface area contributed by atoms with Gasteiger partial charge in [0, 0.05) is 25.0 Å². The van der Waals surface area contributed by atoms with Gasteiger partial charge in [-0.05, 0) is 55.8 Å². The van der Waals surface area contributed by atoms with E-state index in [0.29, 0.717) is 28.8 Å². The van der Waals surface area contributed by atoms with Crippen LogP contribution in [0.5, 0.6) is 0 Å². The van der Waals surface area contributed by atoms with Crippen LogP contribution < -0.4 is 4.72 Å². The van der Waals surface area contributed by atoms with Crippen molar-refractivity contribution in [3.8, 4) is 21.8 Å². The second-order valence-electron chi connectivity index (χ2n) is 7.51. The monoisotopic (exact) mass is 584 g/mol. The van der Waals surface area contributed by atoms with Crippen LogP contribution in [-0.2, 0) is 19.5 Å². The maximum absolute atomic E-state index is 15.8. The van der Waals surface area contributed by atoms with Crippen molar-refractivity contribution in [2.75, 3.05) is 17.9 Å². The van der Waals surface area contributed by atoms with Crippen molar-refractivity contribution in [2.24, 2.45) is 0 Å². The van der Waals surface area contributed by atoms with E-state index >= 15 is 4.39 Å². The summed E-state index contributed by atoms with van der Waals surface area (Å²) in [4.78, 5) is 11.7. The lowest BCUT2D eigenvalue weighted by Crippen LogP contribution is -2.17. The molecule has 0 aliphatic heterocycles. The number of hydrogen-bond donors (Lipinski definition) is 1. The maximum atomic E-state index is 15.8. The van der Waals surface area contributed by atoms with Gasteiger partial charge in [-0.3, -0.25) is 4.72 Å². The average Bonchev–Trinajstić information content (AvgIpc) is 3.30. The number of rotatable bonds is 10. The number of aromatic nitrogens is 3. The molecular formula is C24H20ClF3N4O4S2. The fraction of sp³-hybridized carbons (Fsp3) is 0.208. The Balaban J connectivity index is 1.84. The largest absolute Gasteiger partial charge is 0.347 e. The van der Waals surface area contributed by atoms with Crippen molar-refractivity contribution in [2.45, 2.75) is 25.0 Å². The first kappa shape index (κ1) is 27.9. The van der Waals surface area contributed by atoms with E-state index in [-0.39, 0.29) is 16.5 Å². The number of thiazole rings is 1. The molecule has 2 aromatic carbocycles. The number of nitrogens with zero attached hydrogens (tertiary/aromatic N) is 3. The van der Waals surface area contributed by atoms with E-state index in [1.165, 1.54) is 18.3 Å². The Bertz CT molecular complexity index is 1540. The van der Waals surface area contributed by atoms with Crippen LogP contribution in [0, 0.1) is 17.5 Å². The van der Waals surface area contributed by atoms with Crippen molar-refractivity contribution < 1.29 is 31.1 Å². The highest BCUT2D eigenvalue weighted by Crippen LogP contribution is 2.41. The maximum Gasteiger partial charge on any atom is 0.267 e. The molecule has 0 atom stereocenters. The molecule has 2 aromatic heterocycles. The van der Waals surface area contributed by atoms with Gasteiger partial charge in [0.25, 0.3) is 10.0 Å². The topological polar surface area (TPSA) is 103 Å². The van der Waals surface area contributed by atoms with Crippen LogP contribution in [0.1, 0.15) is 25.1 Å². The van der Waals surface area contributed by atoms with Crippen LogP contribution in [0.25, 0.3) is 21.8 Å². The third kappa shape index (κ3) is 5.81. The number of sulfonamides is 1. The summed E-state index contributed by atoms with van der Waals surface area (Å²) >= 11 is 7.09. The zero-order chi connectivity index (χ0) is 27.4. The molecule has 38 heavy (non-hydrogen) atoms. The van der Waals surface area contributed by atoms with Gasteiger partial charge < -0.3 is 9.47 Å². The van der Waals surface area contributed by atoms with Gasteiger partial charge >= 0.3 is 0 Å². The van der Waals surface area contributed by atoms with Crippen molar-refractivity contribution in [1.82, 2.24) is 15.0 Å². The van der Waals surface area contributed by atoms with E-state index in [0.717, 1.165) is 35.6 Å². The number of benzene rings is 2. The summed E-state index contributed by atoms with van der Waals surface area (Å²) in [6.07, 6.45) is 0.564. The van der Waals surface area contributed by atoms with Gasteiger partial charge in [0.05, 0.1) is 22.0 Å². The molecule has 0 radical (unpaired) electrons. The molecule has 2 heterocycles. The molecule has 0 saturated heterocycles. The molecule has 0 unspecified atom stereocenters. The Hall–Kier alpha value is -3.10. The highest BCUT2D eigenvalue weighted by Gasteiger charge is 2.28. The molecule has 0 fully saturated rings. The summed E-state index contributed by atoms with van der Waals surface area (Å²) in [6, 6.07) is 8.00. The van der Waals surface area contributed by atoms with Crippen molar-refractivity contribution in [3.63, 3.8) is 0 Å². The third-order valence-electron chi connectivity index (χ3n) is 5.03. The quantitative estimate of drug-likeness (QED) is 0.175. The lowest BCUT2D eigenvalue weighted by molar-refractivity contribution is -0.140. The highest BCUT2D eigenvalue weighted by atomic mass is 35.5. The Morgan fingerprint density at radius 3 is 2.29 bits per heavy atom. The molecule has 0 bridgehead atoms. The highest BCUT2D eigenvalue weighted by molar-refractivity contribution is 7.92. The normalized spacial score (nSPS) is 11.8. The minimum absolute atomic E-state index is 0.0523. The summed E-state index contributed by atoms with van der Waals surface area (Å²) in [7, 11) is -4.82. The lowest BCUT2D eigenvalue weighted by Gasteiger charge is -2.14. The van der Waals surface area contributed by atoms with Crippen LogP contribution >= 0.6 is 22.9 Å². The van der Waals surface area contributed by atoms with Gasteiger partial charge in [0.2, 0.25) is 11.6 Å². The fourth-order valence-corrected chi connectivity index (χ4v) is 5.87. The number of hydrogen-bond acceptors (Lipinski definition) is 8. The van der Waals surface area contributed by atoms with Gasteiger partial charge in [-0.1, -0.05) is 12.1 Å². The number of anilines is 1. The van der Waals surface area contributed by atoms with Crippen molar-refractivity contribution in [1.29, 1.82) is 0 Å². The van der Waals surface area contributed by atoms with Crippen LogP contribution in [0.15, 0.2) is 53.6 Å². The molecule has 4 aromatic rings. The molecule has 4 rings (SSSR count). The van der Waals surface area contributed by atoms with Crippen molar-refractivity contribution >= 4 is 38.6 Å². The first-order chi connectivity index (χ1) is 18.2. The molecule has 0 spiro atoms. The first-order valence-electron chi connectivity index (χ1n) is 11.1. The molecule has 0 aliphatic carbocycles. The fourth-order valence-electron chi connectivity index (χ4n) is 3.48. The molecule has 1 N–H and O–H groups in total. The zero-order valence-electron chi connectivity index (χ0n) is 19.9. The number of halogens is 4.